The predicted molar refractivity (Wildman–Crippen MR) is 114 cm³/mol. The molecule has 0 amide bonds. The first-order valence-corrected chi connectivity index (χ1v) is 10.9. The standard InChI is InChI=1S/C22H32Cl2O4/c1-17(2)10-9-13-27-21(25)11-7-5-3-4-6-8-12-22(26)28-20-15-18(23)14-19(24)16-20/h14-17H,3-13H2,1-2H3. The lowest BCUT2D eigenvalue weighted by molar-refractivity contribution is -0.144. The van der Waals surface area contributed by atoms with E-state index in [9.17, 15) is 9.59 Å². The Hall–Kier alpha value is -1.26. The van der Waals surface area contributed by atoms with Gasteiger partial charge in [0.05, 0.1) is 6.61 Å². The van der Waals surface area contributed by atoms with E-state index in [0.29, 0.717) is 41.2 Å². The third-order valence-electron chi connectivity index (χ3n) is 4.27. The summed E-state index contributed by atoms with van der Waals surface area (Å²) in [5, 5.41) is 0.879. The van der Waals surface area contributed by atoms with Crippen LogP contribution in [0.2, 0.25) is 10.0 Å². The van der Waals surface area contributed by atoms with Crippen LogP contribution < -0.4 is 4.74 Å². The van der Waals surface area contributed by atoms with Crippen LogP contribution in [0.25, 0.3) is 0 Å². The quantitative estimate of drug-likeness (QED) is 0.181. The van der Waals surface area contributed by atoms with Crippen LogP contribution in [0, 0.1) is 5.92 Å². The second kappa shape index (κ2) is 14.7. The molecular weight excluding hydrogens is 399 g/mol. The van der Waals surface area contributed by atoms with Crippen molar-refractivity contribution in [3.05, 3.63) is 28.2 Å². The summed E-state index contributed by atoms with van der Waals surface area (Å²) >= 11 is 11.8. The number of unbranched alkanes of at least 4 members (excludes halogenated alkanes) is 5. The number of hydrogen-bond donors (Lipinski definition) is 0. The Morgan fingerprint density at radius 2 is 1.36 bits per heavy atom. The van der Waals surface area contributed by atoms with Crippen molar-refractivity contribution in [1.29, 1.82) is 0 Å². The van der Waals surface area contributed by atoms with Crippen molar-refractivity contribution in [3.63, 3.8) is 0 Å². The molecule has 0 aliphatic rings. The Bertz CT molecular complexity index is 582. The Labute approximate surface area is 178 Å². The summed E-state index contributed by atoms with van der Waals surface area (Å²) in [6.45, 7) is 4.87. The van der Waals surface area contributed by atoms with E-state index in [1.165, 1.54) is 0 Å². The minimum absolute atomic E-state index is 0.0902. The summed E-state index contributed by atoms with van der Waals surface area (Å²) in [6, 6.07) is 4.73. The van der Waals surface area contributed by atoms with Crippen LogP contribution in [0.1, 0.15) is 78.1 Å². The molecule has 0 unspecified atom stereocenters. The van der Waals surface area contributed by atoms with Crippen LogP contribution in [-0.2, 0) is 14.3 Å². The van der Waals surface area contributed by atoms with E-state index in [-0.39, 0.29) is 11.9 Å². The highest BCUT2D eigenvalue weighted by Crippen LogP contribution is 2.24. The third-order valence-corrected chi connectivity index (χ3v) is 4.70. The molecule has 0 saturated carbocycles. The van der Waals surface area contributed by atoms with E-state index >= 15 is 0 Å². The predicted octanol–water partition coefficient (Wildman–Crippen LogP) is 7.00. The molecule has 0 saturated heterocycles. The number of benzene rings is 1. The van der Waals surface area contributed by atoms with E-state index < -0.39 is 0 Å². The SMILES string of the molecule is CC(C)CCCOC(=O)CCCCCCCCC(=O)Oc1cc(Cl)cc(Cl)c1. The van der Waals surface area contributed by atoms with Crippen LogP contribution in [0.15, 0.2) is 18.2 Å². The molecule has 6 heteroatoms. The van der Waals surface area contributed by atoms with Gasteiger partial charge < -0.3 is 9.47 Å². The molecule has 28 heavy (non-hydrogen) atoms. The maximum absolute atomic E-state index is 11.8. The first-order valence-electron chi connectivity index (χ1n) is 10.2. The van der Waals surface area contributed by atoms with Gasteiger partial charge in [0, 0.05) is 22.9 Å². The number of rotatable bonds is 14. The van der Waals surface area contributed by atoms with Gasteiger partial charge in [-0.25, -0.2) is 0 Å². The number of esters is 2. The average molecular weight is 431 g/mol. The molecule has 0 aliphatic heterocycles. The summed E-state index contributed by atoms with van der Waals surface area (Å²) < 4.78 is 10.5. The Morgan fingerprint density at radius 3 is 1.93 bits per heavy atom. The molecule has 0 heterocycles. The van der Waals surface area contributed by atoms with Crippen molar-refractivity contribution in [2.75, 3.05) is 6.61 Å². The molecule has 1 rings (SSSR count). The van der Waals surface area contributed by atoms with Crippen LogP contribution in [0.4, 0.5) is 0 Å². The maximum Gasteiger partial charge on any atom is 0.311 e. The second-order valence-corrected chi connectivity index (χ2v) is 8.33. The zero-order valence-corrected chi connectivity index (χ0v) is 18.5. The van der Waals surface area contributed by atoms with Gasteiger partial charge in [0.25, 0.3) is 0 Å². The zero-order valence-electron chi connectivity index (χ0n) is 17.0. The van der Waals surface area contributed by atoms with Crippen molar-refractivity contribution in [2.24, 2.45) is 5.92 Å². The largest absolute Gasteiger partial charge is 0.466 e. The summed E-state index contributed by atoms with van der Waals surface area (Å²) in [5.74, 6) is 0.653. The van der Waals surface area contributed by atoms with Gasteiger partial charge in [0.2, 0.25) is 0 Å². The van der Waals surface area contributed by atoms with Crippen LogP contribution >= 0.6 is 23.2 Å². The fourth-order valence-corrected chi connectivity index (χ4v) is 3.27. The first kappa shape index (κ1) is 24.8. The van der Waals surface area contributed by atoms with Gasteiger partial charge >= 0.3 is 11.9 Å². The highest BCUT2D eigenvalue weighted by Gasteiger charge is 2.07. The van der Waals surface area contributed by atoms with Crippen molar-refractivity contribution < 1.29 is 19.1 Å². The van der Waals surface area contributed by atoms with Crippen LogP contribution in [0.3, 0.4) is 0 Å². The van der Waals surface area contributed by atoms with Gasteiger partial charge in [-0.05, 0) is 49.8 Å². The Kier molecular flexibility index (Phi) is 13.0. The van der Waals surface area contributed by atoms with Crippen LogP contribution in [-0.4, -0.2) is 18.5 Å². The van der Waals surface area contributed by atoms with E-state index in [1.54, 1.807) is 18.2 Å². The first-order chi connectivity index (χ1) is 13.4. The zero-order chi connectivity index (χ0) is 20.8. The van der Waals surface area contributed by atoms with Gasteiger partial charge in [0.1, 0.15) is 5.75 Å². The lowest BCUT2D eigenvalue weighted by Crippen LogP contribution is -2.07. The van der Waals surface area contributed by atoms with Crippen LogP contribution in [0.5, 0.6) is 5.75 Å². The molecule has 0 atom stereocenters. The smallest absolute Gasteiger partial charge is 0.311 e. The highest BCUT2D eigenvalue weighted by atomic mass is 35.5. The maximum atomic E-state index is 11.8. The lowest BCUT2D eigenvalue weighted by atomic mass is 10.1. The summed E-state index contributed by atoms with van der Waals surface area (Å²) in [4.78, 5) is 23.4. The molecule has 158 valence electrons. The van der Waals surface area contributed by atoms with Gasteiger partial charge in [-0.1, -0.05) is 62.7 Å². The molecule has 0 N–H and O–H groups in total. The fraction of sp³-hybridized carbons (Fsp3) is 0.636. The monoisotopic (exact) mass is 430 g/mol. The normalized spacial score (nSPS) is 10.9. The minimum atomic E-state index is -0.279. The summed E-state index contributed by atoms with van der Waals surface area (Å²) in [6.07, 6.45) is 8.61. The molecule has 4 nitrogen and oxygen atoms in total. The minimum Gasteiger partial charge on any atom is -0.466 e. The van der Waals surface area contributed by atoms with Gasteiger partial charge in [-0.15, -0.1) is 0 Å². The molecule has 0 bridgehead atoms. The molecule has 0 aromatic heterocycles. The molecule has 0 fully saturated rings. The Morgan fingerprint density at radius 1 is 0.821 bits per heavy atom. The number of hydrogen-bond acceptors (Lipinski definition) is 4. The molecular formula is C22H32Cl2O4. The lowest BCUT2D eigenvalue weighted by Gasteiger charge is -2.07. The van der Waals surface area contributed by atoms with E-state index in [1.807, 2.05) is 0 Å². The van der Waals surface area contributed by atoms with Crippen molar-refractivity contribution in [2.45, 2.75) is 78.1 Å². The summed E-state index contributed by atoms with van der Waals surface area (Å²) in [5.41, 5.74) is 0. The van der Waals surface area contributed by atoms with E-state index in [2.05, 4.69) is 13.8 Å². The van der Waals surface area contributed by atoms with Crippen molar-refractivity contribution in [1.82, 2.24) is 0 Å². The molecule has 1 aromatic rings. The average Bonchev–Trinajstić information content (AvgIpc) is 2.60. The van der Waals surface area contributed by atoms with Crippen molar-refractivity contribution in [3.8, 4) is 5.75 Å². The number of halogens is 2. The topological polar surface area (TPSA) is 52.6 Å². The van der Waals surface area contributed by atoms with E-state index in [0.717, 1.165) is 51.4 Å². The fourth-order valence-electron chi connectivity index (χ4n) is 2.77. The molecule has 1 aromatic carbocycles. The Balaban J connectivity index is 1.97. The number of carbonyl (C=O) groups excluding carboxylic acids is 2. The highest BCUT2D eigenvalue weighted by molar-refractivity contribution is 6.34. The summed E-state index contributed by atoms with van der Waals surface area (Å²) in [7, 11) is 0. The molecule has 0 spiro atoms. The van der Waals surface area contributed by atoms with Gasteiger partial charge in [0.15, 0.2) is 0 Å². The number of ether oxygens (including phenoxy) is 2. The number of carbonyl (C=O) groups is 2. The third kappa shape index (κ3) is 13.0. The van der Waals surface area contributed by atoms with E-state index in [4.69, 9.17) is 32.7 Å². The van der Waals surface area contributed by atoms with Gasteiger partial charge in [-0.3, -0.25) is 9.59 Å². The molecule has 0 radical (unpaired) electrons. The van der Waals surface area contributed by atoms with Gasteiger partial charge in [-0.2, -0.15) is 0 Å². The second-order valence-electron chi connectivity index (χ2n) is 7.46. The van der Waals surface area contributed by atoms with Crippen molar-refractivity contribution >= 4 is 35.1 Å². The molecule has 0 aliphatic carbocycles.